The number of aliphatic carboxylic acids is 1. The average molecular weight is 287 g/mol. The second kappa shape index (κ2) is 6.09. The predicted molar refractivity (Wildman–Crippen MR) is 66.7 cm³/mol. The van der Waals surface area contributed by atoms with Crippen LogP contribution in [0.1, 0.15) is 0 Å². The summed E-state index contributed by atoms with van der Waals surface area (Å²) >= 11 is 0. The fourth-order valence-corrected chi connectivity index (χ4v) is 1.35. The van der Waals surface area contributed by atoms with E-state index in [9.17, 15) is 13.2 Å². The van der Waals surface area contributed by atoms with Crippen molar-refractivity contribution < 1.29 is 23.1 Å². The molecule has 0 atom stereocenters. The van der Waals surface area contributed by atoms with Gasteiger partial charge in [0, 0.05) is 18.3 Å². The quantitative estimate of drug-likeness (QED) is 0.789. The molecule has 0 bridgehead atoms. The van der Waals surface area contributed by atoms with Gasteiger partial charge in [-0.1, -0.05) is 18.2 Å². The first-order chi connectivity index (χ1) is 9.23. The van der Waals surface area contributed by atoms with Crippen LogP contribution >= 0.6 is 0 Å². The molecule has 0 radical (unpaired) electrons. The van der Waals surface area contributed by atoms with Crippen LogP contribution in [0.15, 0.2) is 36.8 Å². The van der Waals surface area contributed by atoms with Gasteiger partial charge in [0.25, 0.3) is 0 Å². The Balaban J connectivity index is 0.000000246. The van der Waals surface area contributed by atoms with E-state index in [0.29, 0.717) is 0 Å². The van der Waals surface area contributed by atoms with Crippen LogP contribution in [0, 0.1) is 0 Å². The minimum atomic E-state index is -5.08. The number of hydrogen-bond acceptors (Lipinski definition) is 3. The molecule has 1 aromatic heterocycles. The summed E-state index contributed by atoms with van der Waals surface area (Å²) in [6, 6.07) is 7.78. The van der Waals surface area contributed by atoms with Crippen LogP contribution < -0.4 is 5.73 Å². The van der Waals surface area contributed by atoms with E-state index >= 15 is 0 Å². The molecular weight excluding hydrogens is 275 g/mol. The summed E-state index contributed by atoms with van der Waals surface area (Å²) in [6.07, 6.45) is -1.51. The van der Waals surface area contributed by atoms with Gasteiger partial charge in [-0.05, 0) is 6.07 Å². The van der Waals surface area contributed by atoms with E-state index in [4.69, 9.17) is 15.6 Å². The Morgan fingerprint density at radius 3 is 2.30 bits per heavy atom. The number of benzene rings is 1. The zero-order chi connectivity index (χ0) is 15.3. The lowest BCUT2D eigenvalue weighted by Gasteiger charge is -2.04. The number of para-hydroxylation sites is 1. The van der Waals surface area contributed by atoms with Crippen molar-refractivity contribution in [3.05, 3.63) is 36.8 Å². The standard InChI is InChI=1S/C10H11N3.C2HF3O2/c1-13-7-12-6-10(13)8-4-2-3-5-9(8)11;3-2(4,5)1(6)7/h2-7H,11H2,1H3;(H,6,7). The number of nitrogen functional groups attached to an aromatic ring is 1. The smallest absolute Gasteiger partial charge is 0.475 e. The lowest BCUT2D eigenvalue weighted by molar-refractivity contribution is -0.192. The fraction of sp³-hybridized carbons (Fsp3) is 0.167. The van der Waals surface area contributed by atoms with Crippen molar-refractivity contribution in [1.82, 2.24) is 9.55 Å². The van der Waals surface area contributed by atoms with Crippen molar-refractivity contribution in [2.24, 2.45) is 7.05 Å². The number of aryl methyl sites for hydroxylation is 1. The van der Waals surface area contributed by atoms with E-state index in [1.54, 1.807) is 6.33 Å². The summed E-state index contributed by atoms with van der Waals surface area (Å²) in [7, 11) is 1.95. The molecule has 0 aliphatic rings. The van der Waals surface area contributed by atoms with Gasteiger partial charge in [-0.3, -0.25) is 0 Å². The predicted octanol–water partition coefficient (Wildman–Crippen LogP) is 2.30. The topological polar surface area (TPSA) is 81.1 Å². The number of imidazole rings is 1. The lowest BCUT2D eigenvalue weighted by Crippen LogP contribution is -2.21. The number of aromatic nitrogens is 2. The van der Waals surface area contributed by atoms with Gasteiger partial charge >= 0.3 is 12.1 Å². The molecule has 0 unspecified atom stereocenters. The van der Waals surface area contributed by atoms with Gasteiger partial charge in [0.1, 0.15) is 0 Å². The molecule has 0 amide bonds. The fourth-order valence-electron chi connectivity index (χ4n) is 1.35. The van der Waals surface area contributed by atoms with Gasteiger partial charge < -0.3 is 15.4 Å². The SMILES string of the molecule is Cn1cncc1-c1ccccc1N.O=C(O)C(F)(F)F. The lowest BCUT2D eigenvalue weighted by atomic mass is 10.1. The summed E-state index contributed by atoms with van der Waals surface area (Å²) < 4.78 is 33.7. The Hall–Kier alpha value is -2.51. The van der Waals surface area contributed by atoms with Gasteiger partial charge in [-0.25, -0.2) is 9.78 Å². The van der Waals surface area contributed by atoms with Crippen molar-refractivity contribution in [1.29, 1.82) is 0 Å². The van der Waals surface area contributed by atoms with Crippen molar-refractivity contribution >= 4 is 11.7 Å². The molecule has 3 N–H and O–H groups in total. The van der Waals surface area contributed by atoms with Gasteiger partial charge in [-0.2, -0.15) is 13.2 Å². The highest BCUT2D eigenvalue weighted by atomic mass is 19.4. The van der Waals surface area contributed by atoms with Gasteiger partial charge in [-0.15, -0.1) is 0 Å². The normalized spacial score (nSPS) is 10.6. The Bertz CT molecular complexity index is 594. The van der Waals surface area contributed by atoms with E-state index in [-0.39, 0.29) is 0 Å². The summed E-state index contributed by atoms with van der Waals surface area (Å²) in [5, 5.41) is 7.12. The molecular formula is C12H12F3N3O2. The van der Waals surface area contributed by atoms with Crippen molar-refractivity contribution in [2.45, 2.75) is 6.18 Å². The third-order valence-electron chi connectivity index (χ3n) is 2.30. The Labute approximate surface area is 112 Å². The molecule has 5 nitrogen and oxygen atoms in total. The number of hydrogen-bond donors (Lipinski definition) is 2. The monoisotopic (exact) mass is 287 g/mol. The number of alkyl halides is 3. The summed E-state index contributed by atoms with van der Waals surface area (Å²) in [5.41, 5.74) is 8.69. The summed E-state index contributed by atoms with van der Waals surface area (Å²) in [4.78, 5) is 12.9. The third kappa shape index (κ3) is 4.01. The van der Waals surface area contributed by atoms with Crippen LogP contribution in [0.4, 0.5) is 18.9 Å². The minimum absolute atomic E-state index is 0.783. The maximum absolute atomic E-state index is 10.6. The number of carbonyl (C=O) groups is 1. The first-order valence-electron chi connectivity index (χ1n) is 5.34. The van der Waals surface area contributed by atoms with Crippen LogP contribution in [-0.2, 0) is 11.8 Å². The van der Waals surface area contributed by atoms with Crippen LogP contribution in [0.2, 0.25) is 0 Å². The largest absolute Gasteiger partial charge is 0.490 e. The van der Waals surface area contributed by atoms with Crippen molar-refractivity contribution in [2.75, 3.05) is 5.73 Å². The van der Waals surface area contributed by atoms with E-state index in [2.05, 4.69) is 4.98 Å². The number of nitrogens with two attached hydrogens (primary N) is 1. The number of carboxylic acid groups (broad SMARTS) is 1. The molecule has 108 valence electrons. The highest BCUT2D eigenvalue weighted by Crippen LogP contribution is 2.23. The number of halogens is 3. The average Bonchev–Trinajstić information content (AvgIpc) is 2.75. The van der Waals surface area contributed by atoms with Gasteiger partial charge in [0.2, 0.25) is 0 Å². The maximum Gasteiger partial charge on any atom is 0.490 e. The minimum Gasteiger partial charge on any atom is -0.475 e. The Morgan fingerprint density at radius 1 is 1.35 bits per heavy atom. The van der Waals surface area contributed by atoms with Crippen LogP contribution in [-0.4, -0.2) is 26.8 Å². The molecule has 1 aromatic carbocycles. The van der Waals surface area contributed by atoms with E-state index in [1.807, 2.05) is 42.1 Å². The summed E-state index contributed by atoms with van der Waals surface area (Å²) in [6.45, 7) is 0. The second-order valence-corrected chi connectivity index (χ2v) is 3.78. The van der Waals surface area contributed by atoms with Crippen LogP contribution in [0.5, 0.6) is 0 Å². The first-order valence-corrected chi connectivity index (χ1v) is 5.34. The van der Waals surface area contributed by atoms with Gasteiger partial charge in [0.05, 0.1) is 18.2 Å². The zero-order valence-electron chi connectivity index (χ0n) is 10.4. The highest BCUT2D eigenvalue weighted by molar-refractivity contribution is 5.73. The zero-order valence-corrected chi connectivity index (χ0v) is 10.4. The van der Waals surface area contributed by atoms with E-state index < -0.39 is 12.1 Å². The molecule has 0 saturated carbocycles. The number of anilines is 1. The molecule has 8 heteroatoms. The molecule has 20 heavy (non-hydrogen) atoms. The molecule has 0 fully saturated rings. The van der Waals surface area contributed by atoms with Crippen LogP contribution in [0.3, 0.4) is 0 Å². The maximum atomic E-state index is 10.6. The van der Waals surface area contributed by atoms with Gasteiger partial charge in [0.15, 0.2) is 0 Å². The summed E-state index contributed by atoms with van der Waals surface area (Å²) in [5.74, 6) is -2.76. The molecule has 0 aliphatic carbocycles. The van der Waals surface area contributed by atoms with Crippen molar-refractivity contribution in [3.8, 4) is 11.3 Å². The second-order valence-electron chi connectivity index (χ2n) is 3.78. The molecule has 2 rings (SSSR count). The molecule has 0 saturated heterocycles. The van der Waals surface area contributed by atoms with E-state index in [0.717, 1.165) is 16.9 Å². The number of carboxylic acids is 1. The first kappa shape index (κ1) is 15.5. The molecule has 2 aromatic rings. The highest BCUT2D eigenvalue weighted by Gasteiger charge is 2.38. The van der Waals surface area contributed by atoms with E-state index in [1.165, 1.54) is 0 Å². The number of rotatable bonds is 1. The molecule has 0 aliphatic heterocycles. The molecule has 0 spiro atoms. The Morgan fingerprint density at radius 2 is 1.90 bits per heavy atom. The number of nitrogens with zero attached hydrogens (tertiary/aromatic N) is 2. The molecule has 1 heterocycles. The Kier molecular flexibility index (Phi) is 4.73. The van der Waals surface area contributed by atoms with Crippen molar-refractivity contribution in [3.63, 3.8) is 0 Å². The van der Waals surface area contributed by atoms with Crippen LogP contribution in [0.25, 0.3) is 11.3 Å². The third-order valence-corrected chi connectivity index (χ3v) is 2.30.